The molecule has 3 aliphatic rings. The summed E-state index contributed by atoms with van der Waals surface area (Å²) in [5.74, 6) is 1.08. The summed E-state index contributed by atoms with van der Waals surface area (Å²) in [6, 6.07) is 0.507. The first-order valence-electron chi connectivity index (χ1n) is 9.15. The Bertz CT molecular complexity index is 409. The highest BCUT2D eigenvalue weighted by molar-refractivity contribution is 5.80. The van der Waals surface area contributed by atoms with Crippen LogP contribution in [0.25, 0.3) is 0 Å². The average Bonchev–Trinajstić information content (AvgIpc) is 3.19. The molecule has 2 atom stereocenters. The van der Waals surface area contributed by atoms with Gasteiger partial charge in [0.1, 0.15) is 0 Å². The maximum atomic E-state index is 5.64. The van der Waals surface area contributed by atoms with Crippen molar-refractivity contribution in [3.05, 3.63) is 0 Å². The molecule has 6 nitrogen and oxygen atoms in total. The summed E-state index contributed by atoms with van der Waals surface area (Å²) >= 11 is 0. The van der Waals surface area contributed by atoms with E-state index in [0.717, 1.165) is 71.7 Å². The van der Waals surface area contributed by atoms with Crippen molar-refractivity contribution in [2.45, 2.75) is 32.7 Å². The van der Waals surface area contributed by atoms with Crippen molar-refractivity contribution in [2.75, 3.05) is 65.7 Å². The van der Waals surface area contributed by atoms with Crippen LogP contribution < -0.4 is 5.32 Å². The molecule has 3 saturated heterocycles. The van der Waals surface area contributed by atoms with E-state index >= 15 is 0 Å². The van der Waals surface area contributed by atoms with Gasteiger partial charge in [0, 0.05) is 50.8 Å². The van der Waals surface area contributed by atoms with Gasteiger partial charge in [0.2, 0.25) is 0 Å². The minimum absolute atomic E-state index is 0.384. The highest BCUT2D eigenvalue weighted by atomic mass is 16.5. The highest BCUT2D eigenvalue weighted by Crippen LogP contribution is 2.38. The minimum Gasteiger partial charge on any atom is -0.381 e. The van der Waals surface area contributed by atoms with Crippen molar-refractivity contribution in [1.82, 2.24) is 15.1 Å². The summed E-state index contributed by atoms with van der Waals surface area (Å²) in [5, 5.41) is 3.47. The summed E-state index contributed by atoms with van der Waals surface area (Å²) < 4.78 is 11.1. The second-order valence-corrected chi connectivity index (χ2v) is 7.17. The molecule has 0 aromatic carbocycles. The minimum atomic E-state index is 0.384. The van der Waals surface area contributed by atoms with Gasteiger partial charge in [0.05, 0.1) is 26.4 Å². The number of likely N-dealkylation sites (tertiary alicyclic amines) is 1. The molecular formula is C17H32N4O2. The number of ether oxygens (including phenoxy) is 2. The Kier molecular flexibility index (Phi) is 5.77. The standard InChI is InChI=1S/C17H32N4O2/c1-3-18-16(19-6-8-20-9-11-22-12-15(20)2)21-7-4-17(13-21)5-10-23-14-17/h15H,3-14H2,1-2H3,(H,18,19). The predicted molar refractivity (Wildman–Crippen MR) is 91.9 cm³/mol. The van der Waals surface area contributed by atoms with Gasteiger partial charge in [-0.3, -0.25) is 9.89 Å². The van der Waals surface area contributed by atoms with Crippen molar-refractivity contribution in [1.29, 1.82) is 0 Å². The van der Waals surface area contributed by atoms with Crippen molar-refractivity contribution in [3.63, 3.8) is 0 Å². The van der Waals surface area contributed by atoms with Crippen LogP contribution >= 0.6 is 0 Å². The number of nitrogens with zero attached hydrogens (tertiary/aromatic N) is 3. The zero-order chi connectivity index (χ0) is 16.1. The quantitative estimate of drug-likeness (QED) is 0.612. The first kappa shape index (κ1) is 17.0. The lowest BCUT2D eigenvalue weighted by molar-refractivity contribution is 0.00139. The smallest absolute Gasteiger partial charge is 0.193 e. The molecule has 0 aromatic rings. The third-order valence-electron chi connectivity index (χ3n) is 5.41. The Morgan fingerprint density at radius 1 is 1.26 bits per heavy atom. The Labute approximate surface area is 140 Å². The topological polar surface area (TPSA) is 49.3 Å². The number of nitrogens with one attached hydrogen (secondary N) is 1. The highest BCUT2D eigenvalue weighted by Gasteiger charge is 2.42. The summed E-state index contributed by atoms with van der Waals surface area (Å²) in [4.78, 5) is 9.80. The fourth-order valence-corrected chi connectivity index (χ4v) is 3.89. The first-order chi connectivity index (χ1) is 11.2. The zero-order valence-corrected chi connectivity index (χ0v) is 14.7. The summed E-state index contributed by atoms with van der Waals surface area (Å²) in [6.07, 6.45) is 2.44. The van der Waals surface area contributed by atoms with Crippen LogP contribution in [0, 0.1) is 5.41 Å². The van der Waals surface area contributed by atoms with Gasteiger partial charge in [0.15, 0.2) is 5.96 Å². The fraction of sp³-hybridized carbons (Fsp3) is 0.941. The predicted octanol–water partition coefficient (Wildman–Crippen LogP) is 0.785. The maximum Gasteiger partial charge on any atom is 0.193 e. The molecule has 3 aliphatic heterocycles. The molecule has 0 saturated carbocycles. The Morgan fingerprint density at radius 2 is 2.17 bits per heavy atom. The largest absolute Gasteiger partial charge is 0.381 e. The molecule has 3 rings (SSSR count). The molecule has 23 heavy (non-hydrogen) atoms. The maximum absolute atomic E-state index is 5.64. The molecule has 2 unspecified atom stereocenters. The van der Waals surface area contributed by atoms with Crippen molar-refractivity contribution < 1.29 is 9.47 Å². The van der Waals surface area contributed by atoms with E-state index in [1.807, 2.05) is 0 Å². The lowest BCUT2D eigenvalue weighted by Gasteiger charge is -2.32. The van der Waals surface area contributed by atoms with Gasteiger partial charge in [0.25, 0.3) is 0 Å². The van der Waals surface area contributed by atoms with E-state index in [-0.39, 0.29) is 0 Å². The summed E-state index contributed by atoms with van der Waals surface area (Å²) in [6.45, 7) is 13.9. The lowest BCUT2D eigenvalue weighted by Crippen LogP contribution is -2.45. The summed E-state index contributed by atoms with van der Waals surface area (Å²) in [7, 11) is 0. The molecule has 0 aromatic heterocycles. The van der Waals surface area contributed by atoms with Gasteiger partial charge in [-0.15, -0.1) is 0 Å². The van der Waals surface area contributed by atoms with E-state index < -0.39 is 0 Å². The number of guanidine groups is 1. The molecule has 0 bridgehead atoms. The molecule has 1 N–H and O–H groups in total. The van der Waals surface area contributed by atoms with Gasteiger partial charge in [-0.05, 0) is 26.7 Å². The molecule has 0 radical (unpaired) electrons. The number of morpholine rings is 1. The van der Waals surface area contributed by atoms with Gasteiger partial charge >= 0.3 is 0 Å². The SMILES string of the molecule is CCNC(=NCCN1CCOCC1C)N1CCC2(CCOC2)C1. The number of aliphatic imine (C=N–C) groups is 1. The van der Waals surface area contributed by atoms with E-state index in [4.69, 9.17) is 14.5 Å². The van der Waals surface area contributed by atoms with Gasteiger partial charge in [-0.25, -0.2) is 0 Å². The molecular weight excluding hydrogens is 292 g/mol. The van der Waals surface area contributed by atoms with Gasteiger partial charge in [-0.1, -0.05) is 0 Å². The van der Waals surface area contributed by atoms with Gasteiger partial charge < -0.3 is 19.7 Å². The molecule has 0 amide bonds. The van der Waals surface area contributed by atoms with Crippen LogP contribution in [0.4, 0.5) is 0 Å². The number of hydrogen-bond acceptors (Lipinski definition) is 4. The lowest BCUT2D eigenvalue weighted by atomic mass is 9.87. The van der Waals surface area contributed by atoms with E-state index in [2.05, 4.69) is 29.0 Å². The fourth-order valence-electron chi connectivity index (χ4n) is 3.89. The Balaban J connectivity index is 1.53. The van der Waals surface area contributed by atoms with E-state index in [1.165, 1.54) is 12.8 Å². The number of rotatable bonds is 4. The molecule has 132 valence electrons. The van der Waals surface area contributed by atoms with Crippen LogP contribution in [0.5, 0.6) is 0 Å². The second kappa shape index (κ2) is 7.81. The van der Waals surface area contributed by atoms with Crippen LogP contribution in [-0.4, -0.2) is 87.5 Å². The second-order valence-electron chi connectivity index (χ2n) is 7.17. The van der Waals surface area contributed by atoms with Crippen molar-refractivity contribution in [3.8, 4) is 0 Å². The van der Waals surface area contributed by atoms with Crippen LogP contribution in [0.3, 0.4) is 0 Å². The number of hydrogen-bond donors (Lipinski definition) is 1. The van der Waals surface area contributed by atoms with Crippen LogP contribution in [-0.2, 0) is 9.47 Å². The molecule has 3 fully saturated rings. The first-order valence-corrected chi connectivity index (χ1v) is 9.15. The Morgan fingerprint density at radius 3 is 2.91 bits per heavy atom. The Hall–Kier alpha value is -0.850. The van der Waals surface area contributed by atoms with E-state index in [9.17, 15) is 0 Å². The van der Waals surface area contributed by atoms with Gasteiger partial charge in [-0.2, -0.15) is 0 Å². The van der Waals surface area contributed by atoms with Crippen molar-refractivity contribution in [2.24, 2.45) is 10.4 Å². The van der Waals surface area contributed by atoms with Crippen LogP contribution in [0.2, 0.25) is 0 Å². The summed E-state index contributed by atoms with van der Waals surface area (Å²) in [5.41, 5.74) is 0.384. The van der Waals surface area contributed by atoms with E-state index in [1.54, 1.807) is 0 Å². The molecule has 6 heteroatoms. The third kappa shape index (κ3) is 4.17. The van der Waals surface area contributed by atoms with Crippen LogP contribution in [0.1, 0.15) is 26.7 Å². The normalized spacial score (nSPS) is 32.9. The molecule has 0 aliphatic carbocycles. The van der Waals surface area contributed by atoms with Crippen molar-refractivity contribution >= 4 is 5.96 Å². The third-order valence-corrected chi connectivity index (χ3v) is 5.41. The zero-order valence-electron chi connectivity index (χ0n) is 14.7. The average molecular weight is 324 g/mol. The molecule has 1 spiro atoms. The monoisotopic (exact) mass is 324 g/mol. The molecule has 3 heterocycles. The van der Waals surface area contributed by atoms with Crippen LogP contribution in [0.15, 0.2) is 4.99 Å². The van der Waals surface area contributed by atoms with E-state index in [0.29, 0.717) is 11.5 Å².